The lowest BCUT2D eigenvalue weighted by Gasteiger charge is -1.99. The van der Waals surface area contributed by atoms with Gasteiger partial charge in [-0.25, -0.2) is 0 Å². The number of hydrogen-bond acceptors (Lipinski definition) is 1. The maximum atomic E-state index is 10.7. The first-order valence-electron chi connectivity index (χ1n) is 6.71. The molecule has 0 aliphatic rings. The average Bonchev–Trinajstić information content (AvgIpc) is 2.30. The van der Waals surface area contributed by atoms with Crippen LogP contribution in [0.1, 0.15) is 58.3 Å². The molecule has 0 unspecified atom stereocenters. The average molecular weight is 234 g/mol. The van der Waals surface area contributed by atoms with Crippen molar-refractivity contribution in [3.8, 4) is 0 Å². The minimum Gasteiger partial charge on any atom is -0.300 e. The van der Waals surface area contributed by atoms with E-state index in [1.807, 2.05) is 12.2 Å². The number of allylic oxidation sites excluding steroid dienone is 5. The van der Waals surface area contributed by atoms with Gasteiger partial charge in [0, 0.05) is 6.42 Å². The minimum atomic E-state index is 0.322. The molecule has 0 saturated carbocycles. The van der Waals surface area contributed by atoms with Crippen LogP contribution in [0.5, 0.6) is 0 Å². The Hall–Kier alpha value is -1.11. The smallest absolute Gasteiger partial charge is 0.129 e. The Labute approximate surface area is 106 Å². The molecule has 0 fully saturated rings. The largest absolute Gasteiger partial charge is 0.300 e. The Kier molecular flexibility index (Phi) is 12.1. The zero-order valence-corrected chi connectivity index (χ0v) is 11.2. The number of ketones is 1. The summed E-state index contributed by atoms with van der Waals surface area (Å²) in [5, 5.41) is 0. The van der Waals surface area contributed by atoms with E-state index in [4.69, 9.17) is 0 Å². The highest BCUT2D eigenvalue weighted by molar-refractivity contribution is 5.75. The Morgan fingerprint density at radius 1 is 0.941 bits per heavy atom. The summed E-state index contributed by atoms with van der Waals surface area (Å²) in [5.41, 5.74) is 0. The number of carbonyl (C=O) groups excluding carboxylic acids is 1. The Bertz CT molecular complexity index is 248. The van der Waals surface area contributed by atoms with Crippen LogP contribution in [-0.2, 0) is 4.79 Å². The van der Waals surface area contributed by atoms with Crippen molar-refractivity contribution in [1.82, 2.24) is 0 Å². The standard InChI is InChI=1S/C16H26O/c1-3-4-5-6-7-8-9-10-11-12-13-14-15-16(2)17/h3-7H,1,8-15H2,2H3. The van der Waals surface area contributed by atoms with Crippen molar-refractivity contribution < 1.29 is 4.79 Å². The first-order valence-corrected chi connectivity index (χ1v) is 6.71. The topological polar surface area (TPSA) is 17.1 Å². The summed E-state index contributed by atoms with van der Waals surface area (Å²) < 4.78 is 0. The molecule has 17 heavy (non-hydrogen) atoms. The first kappa shape index (κ1) is 15.9. The van der Waals surface area contributed by atoms with Gasteiger partial charge in [-0.3, -0.25) is 0 Å². The molecule has 0 aromatic carbocycles. The summed E-state index contributed by atoms with van der Waals surface area (Å²) in [7, 11) is 0. The van der Waals surface area contributed by atoms with Crippen molar-refractivity contribution in [3.05, 3.63) is 37.0 Å². The van der Waals surface area contributed by atoms with Gasteiger partial charge in [0.2, 0.25) is 0 Å². The molecule has 0 N–H and O–H groups in total. The zero-order valence-electron chi connectivity index (χ0n) is 11.2. The third kappa shape index (κ3) is 14.9. The van der Waals surface area contributed by atoms with Crippen LogP contribution in [-0.4, -0.2) is 5.78 Å². The van der Waals surface area contributed by atoms with Crippen molar-refractivity contribution >= 4 is 5.78 Å². The van der Waals surface area contributed by atoms with Crippen LogP contribution in [0.25, 0.3) is 0 Å². The first-order chi connectivity index (χ1) is 8.27. The summed E-state index contributed by atoms with van der Waals surface area (Å²) in [4.78, 5) is 10.7. The molecule has 0 atom stereocenters. The molecule has 1 heteroatoms. The number of rotatable bonds is 11. The summed E-state index contributed by atoms with van der Waals surface area (Å²) in [6.45, 7) is 5.29. The fourth-order valence-corrected chi connectivity index (χ4v) is 1.66. The number of unbranched alkanes of at least 4 members (excludes halogenated alkanes) is 6. The van der Waals surface area contributed by atoms with Crippen LogP contribution in [0.3, 0.4) is 0 Å². The second kappa shape index (κ2) is 13.0. The van der Waals surface area contributed by atoms with Gasteiger partial charge in [-0.05, 0) is 26.2 Å². The molecule has 0 spiro atoms. The molecular weight excluding hydrogens is 208 g/mol. The lowest BCUT2D eigenvalue weighted by Crippen LogP contribution is -1.89. The van der Waals surface area contributed by atoms with Crippen LogP contribution in [0.15, 0.2) is 37.0 Å². The predicted molar refractivity (Wildman–Crippen MR) is 76.1 cm³/mol. The highest BCUT2D eigenvalue weighted by atomic mass is 16.1. The van der Waals surface area contributed by atoms with E-state index in [-0.39, 0.29) is 0 Å². The van der Waals surface area contributed by atoms with E-state index in [9.17, 15) is 4.79 Å². The van der Waals surface area contributed by atoms with Gasteiger partial charge < -0.3 is 4.79 Å². The monoisotopic (exact) mass is 234 g/mol. The Morgan fingerprint density at radius 2 is 1.59 bits per heavy atom. The van der Waals surface area contributed by atoms with Crippen molar-refractivity contribution in [3.63, 3.8) is 0 Å². The fraction of sp³-hybridized carbons (Fsp3) is 0.562. The van der Waals surface area contributed by atoms with Gasteiger partial charge in [-0.2, -0.15) is 0 Å². The number of hydrogen-bond donors (Lipinski definition) is 0. The normalized spacial score (nSPS) is 11.4. The van der Waals surface area contributed by atoms with Gasteiger partial charge in [-0.1, -0.05) is 62.6 Å². The molecule has 0 aromatic heterocycles. The third-order valence-electron chi connectivity index (χ3n) is 2.64. The number of Topliss-reactive ketones (excluding diaryl/α,β-unsaturated/α-hetero) is 1. The van der Waals surface area contributed by atoms with E-state index in [1.54, 1.807) is 13.0 Å². The van der Waals surface area contributed by atoms with Crippen LogP contribution in [0.4, 0.5) is 0 Å². The van der Waals surface area contributed by atoms with Gasteiger partial charge >= 0.3 is 0 Å². The molecular formula is C16H26O. The molecule has 96 valence electrons. The van der Waals surface area contributed by atoms with Gasteiger partial charge in [-0.15, -0.1) is 0 Å². The van der Waals surface area contributed by atoms with Crippen molar-refractivity contribution in [2.24, 2.45) is 0 Å². The van der Waals surface area contributed by atoms with E-state index in [2.05, 4.69) is 18.7 Å². The third-order valence-corrected chi connectivity index (χ3v) is 2.64. The SMILES string of the molecule is C=CC=CC=CCCCCCCCCC(C)=O. The molecule has 0 amide bonds. The van der Waals surface area contributed by atoms with Gasteiger partial charge in [0.15, 0.2) is 0 Å². The lowest BCUT2D eigenvalue weighted by atomic mass is 10.1. The van der Waals surface area contributed by atoms with Crippen molar-refractivity contribution in [1.29, 1.82) is 0 Å². The number of carbonyl (C=O) groups is 1. The zero-order chi connectivity index (χ0) is 12.8. The summed E-state index contributed by atoms with van der Waals surface area (Å²) in [5.74, 6) is 0.322. The minimum absolute atomic E-state index is 0.322. The fourth-order valence-electron chi connectivity index (χ4n) is 1.66. The molecule has 1 nitrogen and oxygen atoms in total. The highest BCUT2D eigenvalue weighted by Crippen LogP contribution is 2.09. The Balaban J connectivity index is 3.13. The highest BCUT2D eigenvalue weighted by Gasteiger charge is 1.93. The molecule has 0 rings (SSSR count). The Morgan fingerprint density at radius 3 is 2.24 bits per heavy atom. The van der Waals surface area contributed by atoms with Crippen LogP contribution < -0.4 is 0 Å². The van der Waals surface area contributed by atoms with Gasteiger partial charge in [0.05, 0.1) is 0 Å². The second-order valence-corrected chi connectivity index (χ2v) is 4.41. The molecule has 0 aromatic rings. The molecule has 0 aliphatic heterocycles. The summed E-state index contributed by atoms with van der Waals surface area (Å²) in [6.07, 6.45) is 19.4. The maximum Gasteiger partial charge on any atom is 0.129 e. The van der Waals surface area contributed by atoms with E-state index in [0.29, 0.717) is 5.78 Å². The van der Waals surface area contributed by atoms with E-state index < -0.39 is 0 Å². The van der Waals surface area contributed by atoms with Gasteiger partial charge in [0.1, 0.15) is 5.78 Å². The second-order valence-electron chi connectivity index (χ2n) is 4.41. The predicted octanol–water partition coefficient (Wildman–Crippen LogP) is 4.99. The molecule has 0 heterocycles. The molecule has 0 bridgehead atoms. The van der Waals surface area contributed by atoms with Gasteiger partial charge in [0.25, 0.3) is 0 Å². The van der Waals surface area contributed by atoms with Crippen molar-refractivity contribution in [2.45, 2.75) is 58.3 Å². The summed E-state index contributed by atoms with van der Waals surface area (Å²) in [6, 6.07) is 0. The van der Waals surface area contributed by atoms with E-state index >= 15 is 0 Å². The molecule has 0 saturated heterocycles. The van der Waals surface area contributed by atoms with E-state index in [1.165, 1.54) is 32.1 Å². The quantitative estimate of drug-likeness (QED) is 0.363. The maximum absolute atomic E-state index is 10.7. The van der Waals surface area contributed by atoms with Crippen LogP contribution >= 0.6 is 0 Å². The van der Waals surface area contributed by atoms with Crippen LogP contribution in [0, 0.1) is 0 Å². The van der Waals surface area contributed by atoms with Crippen LogP contribution in [0.2, 0.25) is 0 Å². The molecule has 0 aliphatic carbocycles. The summed E-state index contributed by atoms with van der Waals surface area (Å²) >= 11 is 0. The molecule has 0 radical (unpaired) electrons. The van der Waals surface area contributed by atoms with Crippen molar-refractivity contribution in [2.75, 3.05) is 0 Å². The van der Waals surface area contributed by atoms with E-state index in [0.717, 1.165) is 19.3 Å². The lowest BCUT2D eigenvalue weighted by molar-refractivity contribution is -0.117.